The Morgan fingerprint density at radius 2 is 1.89 bits per heavy atom. The zero-order chi connectivity index (χ0) is 19.1. The average molecular weight is 358 g/mol. The summed E-state index contributed by atoms with van der Waals surface area (Å²) in [6.07, 6.45) is 4.07. The summed E-state index contributed by atoms with van der Waals surface area (Å²) in [4.78, 5) is 4.09. The van der Waals surface area contributed by atoms with Gasteiger partial charge in [0.1, 0.15) is 11.9 Å². The van der Waals surface area contributed by atoms with Gasteiger partial charge in [-0.25, -0.2) is 0 Å². The van der Waals surface area contributed by atoms with E-state index in [-0.39, 0.29) is 6.10 Å². The SMILES string of the molecule is C[C@@H](Oc1ccc(-c2cccc(C#N)c2)cc1)[C@H](O)CCc1cccnc1. The molecule has 3 aromatic rings. The summed E-state index contributed by atoms with van der Waals surface area (Å²) >= 11 is 0. The van der Waals surface area contributed by atoms with Gasteiger partial charge in [-0.15, -0.1) is 0 Å². The molecule has 0 bridgehead atoms. The first kappa shape index (κ1) is 18.6. The topological polar surface area (TPSA) is 66.1 Å². The molecule has 0 aliphatic carbocycles. The zero-order valence-corrected chi connectivity index (χ0v) is 15.2. The van der Waals surface area contributed by atoms with Gasteiger partial charge in [-0.2, -0.15) is 5.26 Å². The molecule has 136 valence electrons. The largest absolute Gasteiger partial charge is 0.488 e. The van der Waals surface area contributed by atoms with Crippen molar-refractivity contribution in [3.05, 3.63) is 84.2 Å². The van der Waals surface area contributed by atoms with Gasteiger partial charge in [-0.1, -0.05) is 30.3 Å². The van der Waals surface area contributed by atoms with E-state index in [4.69, 9.17) is 10.00 Å². The highest BCUT2D eigenvalue weighted by atomic mass is 16.5. The van der Waals surface area contributed by atoms with Crippen LogP contribution in [0.5, 0.6) is 5.75 Å². The van der Waals surface area contributed by atoms with Gasteiger partial charge >= 0.3 is 0 Å². The van der Waals surface area contributed by atoms with Gasteiger partial charge in [0.05, 0.1) is 17.7 Å². The fourth-order valence-corrected chi connectivity index (χ4v) is 2.88. The van der Waals surface area contributed by atoms with Gasteiger partial charge in [0.2, 0.25) is 0 Å². The van der Waals surface area contributed by atoms with Crippen molar-refractivity contribution in [1.29, 1.82) is 5.26 Å². The van der Waals surface area contributed by atoms with Gasteiger partial charge in [-0.3, -0.25) is 4.98 Å². The van der Waals surface area contributed by atoms with E-state index in [1.807, 2.05) is 67.7 Å². The van der Waals surface area contributed by atoms with Crippen molar-refractivity contribution < 1.29 is 9.84 Å². The standard InChI is InChI=1S/C23H22N2O2/c1-17(23(26)12-7-18-5-3-13-25-16-18)27-22-10-8-20(9-11-22)21-6-2-4-19(14-21)15-24/h2-6,8-11,13-14,16-17,23,26H,7,12H2,1H3/t17-,23-/m1/s1. The Hall–Kier alpha value is -3.16. The molecular weight excluding hydrogens is 336 g/mol. The van der Waals surface area contributed by atoms with E-state index in [1.165, 1.54) is 0 Å². The Labute approximate surface area is 159 Å². The van der Waals surface area contributed by atoms with Crippen LogP contribution in [0.15, 0.2) is 73.1 Å². The zero-order valence-electron chi connectivity index (χ0n) is 15.2. The Bertz CT molecular complexity index is 902. The molecule has 0 spiro atoms. The van der Waals surface area contributed by atoms with Crippen LogP contribution in [0.3, 0.4) is 0 Å². The molecule has 2 aromatic carbocycles. The number of hydrogen-bond donors (Lipinski definition) is 1. The first-order valence-corrected chi connectivity index (χ1v) is 9.00. The number of hydrogen-bond acceptors (Lipinski definition) is 4. The lowest BCUT2D eigenvalue weighted by Gasteiger charge is -2.20. The number of aryl methyl sites for hydroxylation is 1. The maximum Gasteiger partial charge on any atom is 0.122 e. The van der Waals surface area contributed by atoms with Crippen molar-refractivity contribution in [3.8, 4) is 22.9 Å². The van der Waals surface area contributed by atoms with Gasteiger partial charge in [0.25, 0.3) is 0 Å². The lowest BCUT2D eigenvalue weighted by molar-refractivity contribution is 0.0420. The van der Waals surface area contributed by atoms with Crippen LogP contribution in [0.2, 0.25) is 0 Å². The summed E-state index contributed by atoms with van der Waals surface area (Å²) in [6.45, 7) is 1.87. The Kier molecular flexibility index (Phi) is 6.19. The summed E-state index contributed by atoms with van der Waals surface area (Å²) in [7, 11) is 0. The van der Waals surface area contributed by atoms with E-state index in [1.54, 1.807) is 12.3 Å². The number of aromatic nitrogens is 1. The van der Waals surface area contributed by atoms with Crippen molar-refractivity contribution in [2.45, 2.75) is 32.0 Å². The van der Waals surface area contributed by atoms with Crippen LogP contribution in [-0.2, 0) is 6.42 Å². The third-order valence-corrected chi connectivity index (χ3v) is 4.49. The van der Waals surface area contributed by atoms with E-state index in [0.29, 0.717) is 17.7 Å². The highest BCUT2D eigenvalue weighted by Crippen LogP contribution is 2.24. The van der Waals surface area contributed by atoms with E-state index in [0.717, 1.165) is 23.1 Å². The van der Waals surface area contributed by atoms with Crippen molar-refractivity contribution in [3.63, 3.8) is 0 Å². The second kappa shape index (κ2) is 8.98. The maximum absolute atomic E-state index is 10.4. The summed E-state index contributed by atoms with van der Waals surface area (Å²) in [6, 6.07) is 21.2. The molecule has 0 saturated heterocycles. The predicted molar refractivity (Wildman–Crippen MR) is 105 cm³/mol. The summed E-state index contributed by atoms with van der Waals surface area (Å²) < 4.78 is 5.88. The van der Waals surface area contributed by atoms with Gasteiger partial charge in [-0.05, 0) is 66.8 Å². The van der Waals surface area contributed by atoms with Crippen LogP contribution in [0.1, 0.15) is 24.5 Å². The minimum atomic E-state index is -0.558. The number of pyridine rings is 1. The molecule has 3 rings (SSSR count). The van der Waals surface area contributed by atoms with Crippen LogP contribution >= 0.6 is 0 Å². The fourth-order valence-electron chi connectivity index (χ4n) is 2.88. The minimum Gasteiger partial charge on any atom is -0.488 e. The Morgan fingerprint density at radius 1 is 1.07 bits per heavy atom. The lowest BCUT2D eigenvalue weighted by atomic mass is 10.0. The number of nitrogens with zero attached hydrogens (tertiary/aromatic N) is 2. The number of aliphatic hydroxyl groups excluding tert-OH is 1. The molecule has 0 unspecified atom stereocenters. The molecule has 0 aliphatic rings. The van der Waals surface area contributed by atoms with Crippen molar-refractivity contribution >= 4 is 0 Å². The molecule has 1 aromatic heterocycles. The molecule has 0 amide bonds. The average Bonchev–Trinajstić information content (AvgIpc) is 2.73. The van der Waals surface area contributed by atoms with E-state index < -0.39 is 6.10 Å². The molecular formula is C23H22N2O2. The maximum atomic E-state index is 10.4. The van der Waals surface area contributed by atoms with E-state index in [9.17, 15) is 5.11 Å². The second-order valence-electron chi connectivity index (χ2n) is 6.51. The van der Waals surface area contributed by atoms with Gasteiger partial charge < -0.3 is 9.84 Å². The van der Waals surface area contributed by atoms with E-state index >= 15 is 0 Å². The normalized spacial score (nSPS) is 12.8. The Morgan fingerprint density at radius 3 is 2.59 bits per heavy atom. The first-order valence-electron chi connectivity index (χ1n) is 9.00. The van der Waals surface area contributed by atoms with Crippen molar-refractivity contribution in [1.82, 2.24) is 4.98 Å². The van der Waals surface area contributed by atoms with Crippen LogP contribution in [0.25, 0.3) is 11.1 Å². The van der Waals surface area contributed by atoms with Crippen LogP contribution < -0.4 is 4.74 Å². The molecule has 0 radical (unpaired) electrons. The third kappa shape index (κ3) is 5.16. The molecule has 0 fully saturated rings. The number of aliphatic hydroxyl groups is 1. The quantitative estimate of drug-likeness (QED) is 0.680. The summed E-state index contributed by atoms with van der Waals surface area (Å²) in [5, 5.41) is 19.4. The van der Waals surface area contributed by atoms with Crippen molar-refractivity contribution in [2.75, 3.05) is 0 Å². The molecule has 4 heteroatoms. The van der Waals surface area contributed by atoms with Gasteiger partial charge in [0.15, 0.2) is 0 Å². The van der Waals surface area contributed by atoms with Crippen LogP contribution in [0, 0.1) is 11.3 Å². The predicted octanol–water partition coefficient (Wildman–Crippen LogP) is 4.38. The number of nitriles is 1. The summed E-state index contributed by atoms with van der Waals surface area (Å²) in [5.74, 6) is 0.711. The molecule has 0 aliphatic heterocycles. The van der Waals surface area contributed by atoms with Crippen LogP contribution in [0.4, 0.5) is 0 Å². The number of benzene rings is 2. The minimum absolute atomic E-state index is 0.311. The van der Waals surface area contributed by atoms with Gasteiger partial charge in [0, 0.05) is 12.4 Å². The van der Waals surface area contributed by atoms with E-state index in [2.05, 4.69) is 11.1 Å². The Balaban J connectivity index is 1.57. The number of rotatable bonds is 7. The first-order chi connectivity index (χ1) is 13.2. The highest BCUT2D eigenvalue weighted by molar-refractivity contribution is 5.65. The molecule has 1 heterocycles. The molecule has 2 atom stereocenters. The van der Waals surface area contributed by atoms with Crippen molar-refractivity contribution in [2.24, 2.45) is 0 Å². The highest BCUT2D eigenvalue weighted by Gasteiger charge is 2.16. The molecule has 1 N–H and O–H groups in total. The summed E-state index contributed by atoms with van der Waals surface area (Å²) in [5.41, 5.74) is 3.75. The number of ether oxygens (including phenoxy) is 1. The lowest BCUT2D eigenvalue weighted by Crippen LogP contribution is -2.29. The molecule has 27 heavy (non-hydrogen) atoms. The smallest absolute Gasteiger partial charge is 0.122 e. The fraction of sp³-hybridized carbons (Fsp3) is 0.217. The molecule has 0 saturated carbocycles. The second-order valence-corrected chi connectivity index (χ2v) is 6.51. The monoisotopic (exact) mass is 358 g/mol. The third-order valence-electron chi connectivity index (χ3n) is 4.49. The van der Waals surface area contributed by atoms with Crippen LogP contribution in [-0.4, -0.2) is 22.3 Å². The molecule has 4 nitrogen and oxygen atoms in total.